The second-order valence-electron chi connectivity index (χ2n) is 5.36. The Bertz CT molecular complexity index is 411. The highest BCUT2D eigenvalue weighted by Crippen LogP contribution is 2.21. The highest BCUT2D eigenvalue weighted by atomic mass is 79.9. The van der Waals surface area contributed by atoms with Gasteiger partial charge in [-0.1, -0.05) is 0 Å². The zero-order chi connectivity index (χ0) is 13.9. The molecule has 0 spiro atoms. The van der Waals surface area contributed by atoms with Crippen LogP contribution in [0.5, 0.6) is 0 Å². The van der Waals surface area contributed by atoms with Crippen molar-refractivity contribution in [2.45, 2.75) is 45.9 Å². The third-order valence-electron chi connectivity index (χ3n) is 2.44. The fourth-order valence-electron chi connectivity index (χ4n) is 1.39. The van der Waals surface area contributed by atoms with Crippen LogP contribution in [0.25, 0.3) is 0 Å². The van der Waals surface area contributed by atoms with E-state index in [1.807, 2.05) is 45.0 Å². The molecule has 0 saturated heterocycles. The Morgan fingerprint density at radius 1 is 1.56 bits per heavy atom. The Morgan fingerprint density at radius 3 is 2.61 bits per heavy atom. The highest BCUT2D eigenvalue weighted by Gasteiger charge is 2.24. The first-order valence-corrected chi connectivity index (χ1v) is 7.52. The van der Waals surface area contributed by atoms with Gasteiger partial charge in [0.1, 0.15) is 11.6 Å². The number of thiophene rings is 1. The van der Waals surface area contributed by atoms with Crippen LogP contribution in [0.1, 0.15) is 32.6 Å². The van der Waals surface area contributed by atoms with E-state index in [2.05, 4.69) is 22.0 Å². The molecule has 0 aliphatic carbocycles. The van der Waals surface area contributed by atoms with Crippen molar-refractivity contribution in [3.05, 3.63) is 20.8 Å². The van der Waals surface area contributed by atoms with Gasteiger partial charge < -0.3 is 4.74 Å². The van der Waals surface area contributed by atoms with Crippen molar-refractivity contribution in [2.75, 3.05) is 7.05 Å². The van der Waals surface area contributed by atoms with Gasteiger partial charge >= 0.3 is 5.97 Å². The topological polar surface area (TPSA) is 29.5 Å². The van der Waals surface area contributed by atoms with Crippen molar-refractivity contribution >= 4 is 33.2 Å². The van der Waals surface area contributed by atoms with E-state index in [0.29, 0.717) is 0 Å². The fourth-order valence-corrected chi connectivity index (χ4v) is 2.90. The third-order valence-corrected chi connectivity index (χ3v) is 4.12. The molecule has 102 valence electrons. The van der Waals surface area contributed by atoms with E-state index < -0.39 is 5.60 Å². The zero-order valence-electron chi connectivity index (χ0n) is 11.5. The summed E-state index contributed by atoms with van der Waals surface area (Å²) >= 11 is 5.11. The lowest BCUT2D eigenvalue weighted by atomic mass is 10.2. The molecule has 0 aliphatic heterocycles. The number of carbonyl (C=O) groups excluding carboxylic acids is 1. The largest absolute Gasteiger partial charge is 0.459 e. The van der Waals surface area contributed by atoms with E-state index in [1.165, 1.54) is 4.88 Å². The molecule has 1 aromatic rings. The first-order valence-electron chi connectivity index (χ1n) is 5.85. The summed E-state index contributed by atoms with van der Waals surface area (Å²) in [5, 5.41) is 2.04. The standard InChI is InChI=1S/C13H20BrNO2S/c1-9(12(16)17-13(2,3)4)15(5)7-11-6-10(14)8-18-11/h6,8-9H,7H2,1-5H3. The molecule has 0 N–H and O–H groups in total. The molecule has 0 bridgehead atoms. The van der Waals surface area contributed by atoms with Gasteiger partial charge in [-0.2, -0.15) is 0 Å². The number of hydrogen-bond donors (Lipinski definition) is 0. The summed E-state index contributed by atoms with van der Waals surface area (Å²) < 4.78 is 6.46. The van der Waals surface area contributed by atoms with Gasteiger partial charge in [0, 0.05) is 21.3 Å². The van der Waals surface area contributed by atoms with Crippen LogP contribution in [0.4, 0.5) is 0 Å². The number of rotatable bonds is 4. The summed E-state index contributed by atoms with van der Waals surface area (Å²) in [5.74, 6) is -0.180. The van der Waals surface area contributed by atoms with E-state index in [9.17, 15) is 4.79 Å². The summed E-state index contributed by atoms with van der Waals surface area (Å²) in [7, 11) is 1.93. The predicted molar refractivity (Wildman–Crippen MR) is 78.8 cm³/mol. The number of hydrogen-bond acceptors (Lipinski definition) is 4. The van der Waals surface area contributed by atoms with E-state index in [-0.39, 0.29) is 12.0 Å². The Balaban J connectivity index is 2.55. The van der Waals surface area contributed by atoms with Crippen molar-refractivity contribution in [2.24, 2.45) is 0 Å². The Hall–Kier alpha value is -0.390. The van der Waals surface area contributed by atoms with Crippen LogP contribution in [0.2, 0.25) is 0 Å². The first-order chi connectivity index (χ1) is 8.19. The SMILES string of the molecule is CC(C(=O)OC(C)(C)C)N(C)Cc1cc(Br)cs1. The molecule has 1 heterocycles. The molecule has 1 unspecified atom stereocenters. The van der Waals surface area contributed by atoms with Crippen LogP contribution in [-0.2, 0) is 16.1 Å². The summed E-state index contributed by atoms with van der Waals surface area (Å²) in [5.41, 5.74) is -0.432. The number of ether oxygens (including phenoxy) is 1. The van der Waals surface area contributed by atoms with E-state index in [0.717, 1.165) is 11.0 Å². The van der Waals surface area contributed by atoms with Crippen LogP contribution >= 0.6 is 27.3 Å². The van der Waals surface area contributed by atoms with Gasteiger partial charge in [-0.25, -0.2) is 0 Å². The molecule has 0 amide bonds. The lowest BCUT2D eigenvalue weighted by Crippen LogP contribution is -2.39. The molecule has 0 aromatic carbocycles. The summed E-state index contributed by atoms with van der Waals surface area (Å²) in [6.07, 6.45) is 0. The number of likely N-dealkylation sites (N-methyl/N-ethyl adjacent to an activating group) is 1. The molecular formula is C13H20BrNO2S. The zero-order valence-corrected chi connectivity index (χ0v) is 13.9. The number of halogens is 1. The Morgan fingerprint density at radius 2 is 2.17 bits per heavy atom. The smallest absolute Gasteiger partial charge is 0.323 e. The monoisotopic (exact) mass is 333 g/mol. The van der Waals surface area contributed by atoms with Gasteiger partial charge in [-0.15, -0.1) is 11.3 Å². The van der Waals surface area contributed by atoms with Crippen LogP contribution in [0.15, 0.2) is 15.9 Å². The maximum Gasteiger partial charge on any atom is 0.323 e. The second-order valence-corrected chi connectivity index (χ2v) is 7.27. The number of nitrogens with zero attached hydrogens (tertiary/aromatic N) is 1. The highest BCUT2D eigenvalue weighted by molar-refractivity contribution is 9.10. The van der Waals surface area contributed by atoms with Crippen LogP contribution in [0.3, 0.4) is 0 Å². The van der Waals surface area contributed by atoms with Gasteiger partial charge in [-0.05, 0) is 56.7 Å². The molecular weight excluding hydrogens is 314 g/mol. The van der Waals surface area contributed by atoms with Crippen LogP contribution in [-0.4, -0.2) is 29.6 Å². The molecule has 1 atom stereocenters. The summed E-state index contributed by atoms with van der Waals surface area (Å²) in [6, 6.07) is 1.83. The quantitative estimate of drug-likeness (QED) is 0.787. The third kappa shape index (κ3) is 5.08. The number of esters is 1. The van der Waals surface area contributed by atoms with Gasteiger partial charge in [0.05, 0.1) is 0 Å². The fraction of sp³-hybridized carbons (Fsp3) is 0.615. The van der Waals surface area contributed by atoms with Crippen molar-refractivity contribution < 1.29 is 9.53 Å². The molecule has 18 heavy (non-hydrogen) atoms. The molecule has 0 aliphatic rings. The van der Waals surface area contributed by atoms with Crippen molar-refractivity contribution in [1.29, 1.82) is 0 Å². The molecule has 1 rings (SSSR count). The minimum absolute atomic E-state index is 0.180. The van der Waals surface area contributed by atoms with Crippen molar-refractivity contribution in [3.8, 4) is 0 Å². The molecule has 5 heteroatoms. The average molecular weight is 334 g/mol. The van der Waals surface area contributed by atoms with E-state index in [1.54, 1.807) is 11.3 Å². The van der Waals surface area contributed by atoms with E-state index >= 15 is 0 Å². The summed E-state index contributed by atoms with van der Waals surface area (Å²) in [4.78, 5) is 15.1. The Labute approximate surface area is 121 Å². The predicted octanol–water partition coefficient (Wildman–Crippen LogP) is 3.67. The van der Waals surface area contributed by atoms with Gasteiger partial charge in [0.15, 0.2) is 0 Å². The minimum atomic E-state index is -0.432. The molecule has 0 radical (unpaired) electrons. The Kier molecular flexibility index (Phi) is 5.37. The maximum absolute atomic E-state index is 11.9. The molecule has 3 nitrogen and oxygen atoms in total. The molecule has 0 saturated carbocycles. The average Bonchev–Trinajstić information content (AvgIpc) is 2.60. The van der Waals surface area contributed by atoms with Crippen molar-refractivity contribution in [1.82, 2.24) is 4.90 Å². The first kappa shape index (κ1) is 15.7. The van der Waals surface area contributed by atoms with Gasteiger partial charge in [-0.3, -0.25) is 9.69 Å². The van der Waals surface area contributed by atoms with Gasteiger partial charge in [0.25, 0.3) is 0 Å². The van der Waals surface area contributed by atoms with Gasteiger partial charge in [0.2, 0.25) is 0 Å². The van der Waals surface area contributed by atoms with Crippen LogP contribution < -0.4 is 0 Å². The normalized spacial score (nSPS) is 13.7. The second kappa shape index (κ2) is 6.17. The minimum Gasteiger partial charge on any atom is -0.459 e. The number of carbonyl (C=O) groups is 1. The molecule has 0 fully saturated rings. The summed E-state index contributed by atoms with van der Waals surface area (Å²) in [6.45, 7) is 8.27. The van der Waals surface area contributed by atoms with Crippen LogP contribution in [0, 0.1) is 0 Å². The lowest BCUT2D eigenvalue weighted by Gasteiger charge is -2.27. The van der Waals surface area contributed by atoms with Crippen molar-refractivity contribution in [3.63, 3.8) is 0 Å². The lowest BCUT2D eigenvalue weighted by molar-refractivity contribution is -0.160. The molecule has 1 aromatic heterocycles. The maximum atomic E-state index is 11.9. The van der Waals surface area contributed by atoms with E-state index in [4.69, 9.17) is 4.74 Å².